The molecule has 0 spiro atoms. The van der Waals surface area contributed by atoms with E-state index in [4.69, 9.17) is 0 Å². The van der Waals surface area contributed by atoms with E-state index in [0.29, 0.717) is 0 Å². The highest BCUT2D eigenvalue weighted by Gasteiger charge is 2.10. The Hall–Kier alpha value is -1.72. The maximum Gasteiger partial charge on any atom is 0.114 e. The van der Waals surface area contributed by atoms with E-state index in [-0.39, 0.29) is 0 Å². The molecule has 1 N–H and O–H groups in total. The Bertz CT molecular complexity index is 642. The van der Waals surface area contributed by atoms with Gasteiger partial charge >= 0.3 is 0 Å². The smallest absolute Gasteiger partial charge is 0.114 e. The van der Waals surface area contributed by atoms with Crippen LogP contribution in [-0.2, 0) is 13.1 Å². The van der Waals surface area contributed by atoms with E-state index in [1.807, 2.05) is 29.4 Å². The van der Waals surface area contributed by atoms with Gasteiger partial charge in [-0.3, -0.25) is 4.68 Å². The van der Waals surface area contributed by atoms with Gasteiger partial charge in [0.1, 0.15) is 5.01 Å². The number of fused-ring (bicyclic) bond motifs is 1. The van der Waals surface area contributed by atoms with E-state index < -0.39 is 0 Å². The number of nitrogens with zero attached hydrogens (tertiary/aromatic N) is 3. The molecule has 92 valence electrons. The number of thiazole rings is 1. The summed E-state index contributed by atoms with van der Waals surface area (Å²) in [4.78, 5) is 4.32. The molecule has 0 aliphatic heterocycles. The minimum atomic E-state index is 0.738. The van der Waals surface area contributed by atoms with Crippen LogP contribution in [0.1, 0.15) is 10.7 Å². The Morgan fingerprint density at radius 3 is 3.00 bits per heavy atom. The van der Waals surface area contributed by atoms with Gasteiger partial charge in [0.05, 0.1) is 17.8 Å². The molecule has 1 aromatic carbocycles. The molecule has 0 saturated heterocycles. The Morgan fingerprint density at radius 1 is 1.33 bits per heavy atom. The van der Waals surface area contributed by atoms with Gasteiger partial charge in [-0.25, -0.2) is 4.98 Å². The minimum Gasteiger partial charge on any atom is -0.314 e. The van der Waals surface area contributed by atoms with Crippen LogP contribution in [0.2, 0.25) is 0 Å². The van der Waals surface area contributed by atoms with Crippen molar-refractivity contribution in [2.24, 2.45) is 0 Å². The third-order valence-electron chi connectivity index (χ3n) is 2.85. The zero-order valence-corrected chi connectivity index (χ0v) is 10.9. The van der Waals surface area contributed by atoms with E-state index in [1.54, 1.807) is 11.3 Å². The molecule has 3 rings (SSSR count). The first-order chi connectivity index (χ1) is 8.88. The van der Waals surface area contributed by atoms with Crippen molar-refractivity contribution >= 4 is 22.2 Å². The van der Waals surface area contributed by atoms with Gasteiger partial charge in [0.15, 0.2) is 0 Å². The largest absolute Gasteiger partial charge is 0.314 e. The zero-order valence-electron chi connectivity index (χ0n) is 10.1. The maximum atomic E-state index is 4.67. The fourth-order valence-corrected chi connectivity index (χ4v) is 2.67. The molecule has 2 aromatic heterocycles. The summed E-state index contributed by atoms with van der Waals surface area (Å²) in [6.45, 7) is 1.52. The van der Waals surface area contributed by atoms with Gasteiger partial charge in [0.2, 0.25) is 0 Å². The van der Waals surface area contributed by atoms with Crippen molar-refractivity contribution in [3.8, 4) is 0 Å². The molecule has 2 heterocycles. The molecule has 0 fully saturated rings. The third kappa shape index (κ3) is 2.02. The Morgan fingerprint density at radius 2 is 2.22 bits per heavy atom. The number of para-hydroxylation sites is 1. The standard InChI is InChI=1S/C13H14N4S/c1-14-8-11-10-4-2-3-5-12(10)17(16-11)9-13-15-6-7-18-13/h2-7,14H,8-9H2,1H3. The highest BCUT2D eigenvalue weighted by atomic mass is 32.1. The lowest BCUT2D eigenvalue weighted by Crippen LogP contribution is -2.07. The Labute approximate surface area is 109 Å². The summed E-state index contributed by atoms with van der Waals surface area (Å²) in [5.41, 5.74) is 2.25. The average Bonchev–Trinajstić information content (AvgIpc) is 3.00. The van der Waals surface area contributed by atoms with Crippen LogP contribution >= 0.6 is 11.3 Å². The fraction of sp³-hybridized carbons (Fsp3) is 0.231. The number of hydrogen-bond acceptors (Lipinski definition) is 4. The predicted octanol–water partition coefficient (Wildman–Crippen LogP) is 2.26. The highest BCUT2D eigenvalue weighted by Crippen LogP contribution is 2.19. The van der Waals surface area contributed by atoms with Crippen LogP contribution in [0.15, 0.2) is 35.8 Å². The first kappa shape index (κ1) is 11.4. The normalized spacial score (nSPS) is 11.2. The van der Waals surface area contributed by atoms with Crippen LogP contribution in [0.3, 0.4) is 0 Å². The van der Waals surface area contributed by atoms with Crippen molar-refractivity contribution in [3.05, 3.63) is 46.5 Å². The van der Waals surface area contributed by atoms with Crippen LogP contribution in [0, 0.1) is 0 Å². The van der Waals surface area contributed by atoms with E-state index in [9.17, 15) is 0 Å². The summed E-state index contributed by atoms with van der Waals surface area (Å²) in [5, 5.41) is 12.1. The van der Waals surface area contributed by atoms with Gasteiger partial charge in [-0.1, -0.05) is 18.2 Å². The fourth-order valence-electron chi connectivity index (χ4n) is 2.07. The summed E-state index contributed by atoms with van der Waals surface area (Å²) < 4.78 is 2.03. The molecule has 0 unspecified atom stereocenters. The van der Waals surface area contributed by atoms with E-state index in [2.05, 4.69) is 33.6 Å². The van der Waals surface area contributed by atoms with Gasteiger partial charge < -0.3 is 5.32 Å². The van der Waals surface area contributed by atoms with E-state index in [1.165, 1.54) is 5.39 Å². The van der Waals surface area contributed by atoms with Crippen LogP contribution in [0.25, 0.3) is 10.9 Å². The quantitative estimate of drug-likeness (QED) is 0.780. The zero-order chi connectivity index (χ0) is 12.4. The molecule has 3 aromatic rings. The Balaban J connectivity index is 2.05. The van der Waals surface area contributed by atoms with Crippen molar-refractivity contribution in [1.82, 2.24) is 20.1 Å². The molecule has 5 heteroatoms. The van der Waals surface area contributed by atoms with Crippen molar-refractivity contribution in [3.63, 3.8) is 0 Å². The molecule has 0 saturated carbocycles. The second-order valence-electron chi connectivity index (χ2n) is 4.08. The maximum absolute atomic E-state index is 4.67. The van der Waals surface area contributed by atoms with Gasteiger partial charge in [0, 0.05) is 23.5 Å². The number of benzene rings is 1. The highest BCUT2D eigenvalue weighted by molar-refractivity contribution is 7.09. The second-order valence-corrected chi connectivity index (χ2v) is 5.06. The molecule has 0 atom stereocenters. The second kappa shape index (κ2) is 4.88. The SMILES string of the molecule is CNCc1nn(Cc2nccs2)c2ccccc12. The van der Waals surface area contributed by atoms with Gasteiger partial charge in [-0.15, -0.1) is 11.3 Å². The molecule has 0 bridgehead atoms. The summed E-state index contributed by atoms with van der Waals surface area (Å²) in [6, 6.07) is 8.32. The van der Waals surface area contributed by atoms with E-state index >= 15 is 0 Å². The molecule has 4 nitrogen and oxygen atoms in total. The van der Waals surface area contributed by atoms with Crippen LogP contribution in [-0.4, -0.2) is 21.8 Å². The lowest BCUT2D eigenvalue weighted by atomic mass is 10.2. The molecule has 0 aliphatic rings. The lowest BCUT2D eigenvalue weighted by molar-refractivity contribution is 0.674. The summed E-state index contributed by atoms with van der Waals surface area (Å²) in [6.07, 6.45) is 1.83. The molecular weight excluding hydrogens is 244 g/mol. The van der Waals surface area contributed by atoms with Gasteiger partial charge in [-0.05, 0) is 13.1 Å². The summed E-state index contributed by atoms with van der Waals surface area (Å²) in [7, 11) is 1.94. The molecular formula is C13H14N4S. The molecule has 0 radical (unpaired) electrons. The van der Waals surface area contributed by atoms with Crippen LogP contribution in [0.4, 0.5) is 0 Å². The monoisotopic (exact) mass is 258 g/mol. The first-order valence-electron chi connectivity index (χ1n) is 5.86. The summed E-state index contributed by atoms with van der Waals surface area (Å²) in [5.74, 6) is 0. The summed E-state index contributed by atoms with van der Waals surface area (Å²) >= 11 is 1.66. The van der Waals surface area contributed by atoms with Crippen molar-refractivity contribution in [1.29, 1.82) is 0 Å². The van der Waals surface area contributed by atoms with Gasteiger partial charge in [-0.2, -0.15) is 5.10 Å². The van der Waals surface area contributed by atoms with Crippen molar-refractivity contribution < 1.29 is 0 Å². The van der Waals surface area contributed by atoms with E-state index in [0.717, 1.165) is 29.3 Å². The van der Waals surface area contributed by atoms with Crippen LogP contribution in [0.5, 0.6) is 0 Å². The minimum absolute atomic E-state index is 0.738. The molecule has 0 aliphatic carbocycles. The predicted molar refractivity (Wildman–Crippen MR) is 73.7 cm³/mol. The first-order valence-corrected chi connectivity index (χ1v) is 6.74. The van der Waals surface area contributed by atoms with Crippen LogP contribution < -0.4 is 5.32 Å². The molecule has 18 heavy (non-hydrogen) atoms. The van der Waals surface area contributed by atoms with Gasteiger partial charge in [0.25, 0.3) is 0 Å². The third-order valence-corrected chi connectivity index (χ3v) is 3.61. The van der Waals surface area contributed by atoms with Crippen molar-refractivity contribution in [2.45, 2.75) is 13.1 Å². The number of rotatable bonds is 4. The average molecular weight is 258 g/mol. The van der Waals surface area contributed by atoms with Crippen molar-refractivity contribution in [2.75, 3.05) is 7.05 Å². The number of nitrogens with one attached hydrogen (secondary N) is 1. The molecule has 0 amide bonds. The lowest BCUT2D eigenvalue weighted by Gasteiger charge is -1.99. The number of aromatic nitrogens is 3. The topological polar surface area (TPSA) is 42.7 Å². The Kier molecular flexibility index (Phi) is 3.08. The number of hydrogen-bond donors (Lipinski definition) is 1.